The van der Waals surface area contributed by atoms with Gasteiger partial charge >= 0.3 is 0 Å². The van der Waals surface area contributed by atoms with Gasteiger partial charge in [0.15, 0.2) is 0 Å². The second-order valence-corrected chi connectivity index (χ2v) is 5.79. The van der Waals surface area contributed by atoms with E-state index in [1.807, 2.05) is 19.3 Å². The summed E-state index contributed by atoms with van der Waals surface area (Å²) in [4.78, 5) is 6.81. The lowest BCUT2D eigenvalue weighted by atomic mass is 9.97. The Morgan fingerprint density at radius 2 is 2.35 bits per heavy atom. The third kappa shape index (κ3) is 3.81. The van der Waals surface area contributed by atoms with Crippen molar-refractivity contribution in [2.45, 2.75) is 51.7 Å². The average Bonchev–Trinajstić information content (AvgIpc) is 2.93. The molecule has 0 spiro atoms. The summed E-state index contributed by atoms with van der Waals surface area (Å²) in [5.74, 6) is 1.16. The molecule has 1 aliphatic rings. The summed E-state index contributed by atoms with van der Waals surface area (Å²) in [6.45, 7) is 9.11. The monoisotopic (exact) mass is 275 g/mol. The van der Waals surface area contributed by atoms with Gasteiger partial charge in [-0.15, -0.1) is 0 Å². The highest BCUT2D eigenvalue weighted by molar-refractivity contribution is 5.03. The highest BCUT2D eigenvalue weighted by Gasteiger charge is 2.23. The SMILES string of the molecule is CCCNC(C)(C#N)CCCN1CCn2ccnc2C1. The molecule has 1 aliphatic heterocycles. The zero-order valence-electron chi connectivity index (χ0n) is 12.6. The van der Waals surface area contributed by atoms with Gasteiger partial charge in [-0.05, 0) is 39.3 Å². The molecule has 0 radical (unpaired) electrons. The topological polar surface area (TPSA) is 56.9 Å². The zero-order chi connectivity index (χ0) is 14.4. The zero-order valence-corrected chi connectivity index (χ0v) is 12.6. The van der Waals surface area contributed by atoms with Crippen molar-refractivity contribution in [3.8, 4) is 6.07 Å². The van der Waals surface area contributed by atoms with Gasteiger partial charge < -0.3 is 4.57 Å². The Kier molecular flexibility index (Phi) is 5.16. The van der Waals surface area contributed by atoms with Crippen LogP contribution in [-0.4, -0.2) is 39.6 Å². The quantitative estimate of drug-likeness (QED) is 0.824. The van der Waals surface area contributed by atoms with E-state index in [-0.39, 0.29) is 5.54 Å². The van der Waals surface area contributed by atoms with Crippen LogP contribution < -0.4 is 5.32 Å². The summed E-state index contributed by atoms with van der Waals surface area (Å²) < 4.78 is 2.22. The number of imidazole rings is 1. The van der Waals surface area contributed by atoms with Crippen molar-refractivity contribution in [1.29, 1.82) is 5.26 Å². The van der Waals surface area contributed by atoms with Crippen molar-refractivity contribution in [2.75, 3.05) is 19.6 Å². The van der Waals surface area contributed by atoms with E-state index >= 15 is 0 Å². The molecular weight excluding hydrogens is 250 g/mol. The van der Waals surface area contributed by atoms with Gasteiger partial charge in [-0.25, -0.2) is 4.98 Å². The molecular formula is C15H25N5. The summed E-state index contributed by atoms with van der Waals surface area (Å²) in [7, 11) is 0. The molecule has 0 aliphatic carbocycles. The summed E-state index contributed by atoms with van der Waals surface area (Å²) in [5.41, 5.74) is -0.385. The van der Waals surface area contributed by atoms with Gasteiger partial charge in [0.25, 0.3) is 0 Å². The number of nitrogens with one attached hydrogen (secondary N) is 1. The Morgan fingerprint density at radius 3 is 3.10 bits per heavy atom. The minimum atomic E-state index is -0.385. The molecule has 5 heteroatoms. The maximum Gasteiger partial charge on any atom is 0.122 e. The normalized spacial score (nSPS) is 18.2. The van der Waals surface area contributed by atoms with E-state index in [1.54, 1.807) is 0 Å². The van der Waals surface area contributed by atoms with Crippen LogP contribution in [0.25, 0.3) is 0 Å². The third-order valence-electron chi connectivity index (χ3n) is 3.99. The summed E-state index contributed by atoms with van der Waals surface area (Å²) in [5, 5.41) is 12.7. The van der Waals surface area contributed by atoms with Crippen LogP contribution in [0.1, 0.15) is 38.9 Å². The van der Waals surface area contributed by atoms with Crippen LogP contribution in [0, 0.1) is 11.3 Å². The number of hydrogen-bond donors (Lipinski definition) is 1. The van der Waals surface area contributed by atoms with Gasteiger partial charge in [0.2, 0.25) is 0 Å². The Bertz CT molecular complexity index is 461. The maximum atomic E-state index is 9.31. The van der Waals surface area contributed by atoms with E-state index in [0.717, 1.165) is 57.8 Å². The van der Waals surface area contributed by atoms with Crippen molar-refractivity contribution < 1.29 is 0 Å². The lowest BCUT2D eigenvalue weighted by molar-refractivity contribution is 0.207. The fraction of sp³-hybridized carbons (Fsp3) is 0.733. The number of nitrogens with zero attached hydrogens (tertiary/aromatic N) is 4. The molecule has 1 unspecified atom stereocenters. The Hall–Kier alpha value is -1.38. The number of rotatable bonds is 7. The molecule has 20 heavy (non-hydrogen) atoms. The molecule has 2 heterocycles. The second kappa shape index (κ2) is 6.87. The highest BCUT2D eigenvalue weighted by atomic mass is 15.2. The molecule has 0 saturated carbocycles. The summed E-state index contributed by atoms with van der Waals surface area (Å²) in [6, 6.07) is 2.42. The molecule has 0 aromatic carbocycles. The van der Waals surface area contributed by atoms with Gasteiger partial charge in [-0.1, -0.05) is 6.92 Å². The highest BCUT2D eigenvalue weighted by Crippen LogP contribution is 2.15. The van der Waals surface area contributed by atoms with E-state index in [2.05, 4.69) is 32.8 Å². The fourth-order valence-corrected chi connectivity index (χ4v) is 2.66. The standard InChI is InChI=1S/C15H25N5/c1-3-6-18-15(2,13-16)5-4-8-19-10-11-20-9-7-17-14(20)12-19/h7,9,18H,3-6,8,10-12H2,1-2H3. The number of fused-ring (bicyclic) bond motifs is 1. The van der Waals surface area contributed by atoms with Crippen LogP contribution in [0.15, 0.2) is 12.4 Å². The molecule has 0 saturated heterocycles. The van der Waals surface area contributed by atoms with Crippen molar-refractivity contribution in [3.63, 3.8) is 0 Å². The van der Waals surface area contributed by atoms with Crippen LogP contribution in [0.5, 0.6) is 0 Å². The maximum absolute atomic E-state index is 9.31. The fourth-order valence-electron chi connectivity index (χ4n) is 2.66. The Labute approximate surface area is 121 Å². The molecule has 2 rings (SSSR count). The van der Waals surface area contributed by atoms with Gasteiger partial charge in [0.1, 0.15) is 11.4 Å². The van der Waals surface area contributed by atoms with Gasteiger partial charge in [-0.2, -0.15) is 5.26 Å². The molecule has 110 valence electrons. The molecule has 5 nitrogen and oxygen atoms in total. The third-order valence-corrected chi connectivity index (χ3v) is 3.99. The minimum Gasteiger partial charge on any atom is -0.333 e. The first-order valence-electron chi connectivity index (χ1n) is 7.55. The average molecular weight is 275 g/mol. The van der Waals surface area contributed by atoms with Gasteiger partial charge in [0.05, 0.1) is 12.6 Å². The number of hydrogen-bond acceptors (Lipinski definition) is 4. The largest absolute Gasteiger partial charge is 0.333 e. The predicted octanol–water partition coefficient (Wildman–Crippen LogP) is 1.76. The summed E-state index contributed by atoms with van der Waals surface area (Å²) >= 11 is 0. The molecule has 1 aromatic heterocycles. The van der Waals surface area contributed by atoms with Crippen molar-refractivity contribution in [2.24, 2.45) is 0 Å². The second-order valence-electron chi connectivity index (χ2n) is 5.79. The Morgan fingerprint density at radius 1 is 1.50 bits per heavy atom. The van der Waals surface area contributed by atoms with E-state index in [4.69, 9.17) is 0 Å². The first kappa shape index (κ1) is 15.0. The molecule has 1 aromatic rings. The molecule has 1 atom stereocenters. The van der Waals surface area contributed by atoms with Crippen LogP contribution in [0.3, 0.4) is 0 Å². The minimum absolute atomic E-state index is 0.385. The molecule has 0 fully saturated rings. The predicted molar refractivity (Wildman–Crippen MR) is 79.0 cm³/mol. The van der Waals surface area contributed by atoms with Crippen molar-refractivity contribution in [1.82, 2.24) is 19.8 Å². The Balaban J connectivity index is 1.75. The van der Waals surface area contributed by atoms with Crippen LogP contribution in [0.4, 0.5) is 0 Å². The number of aromatic nitrogens is 2. The first-order valence-corrected chi connectivity index (χ1v) is 7.55. The lowest BCUT2D eigenvalue weighted by Gasteiger charge is -2.29. The lowest BCUT2D eigenvalue weighted by Crippen LogP contribution is -2.42. The van der Waals surface area contributed by atoms with E-state index in [1.165, 1.54) is 0 Å². The van der Waals surface area contributed by atoms with Crippen molar-refractivity contribution >= 4 is 0 Å². The first-order chi connectivity index (χ1) is 9.67. The number of nitriles is 1. The van der Waals surface area contributed by atoms with E-state index in [9.17, 15) is 5.26 Å². The van der Waals surface area contributed by atoms with Crippen LogP contribution in [-0.2, 0) is 13.1 Å². The van der Waals surface area contributed by atoms with Gasteiger partial charge in [0, 0.05) is 25.5 Å². The van der Waals surface area contributed by atoms with Gasteiger partial charge in [-0.3, -0.25) is 10.2 Å². The van der Waals surface area contributed by atoms with Crippen LogP contribution >= 0.6 is 0 Å². The summed E-state index contributed by atoms with van der Waals surface area (Å²) in [6.07, 6.45) is 6.93. The molecule has 1 N–H and O–H groups in total. The van der Waals surface area contributed by atoms with Crippen LogP contribution in [0.2, 0.25) is 0 Å². The van der Waals surface area contributed by atoms with E-state index in [0.29, 0.717) is 0 Å². The van der Waals surface area contributed by atoms with Crippen molar-refractivity contribution in [3.05, 3.63) is 18.2 Å². The molecule has 0 amide bonds. The smallest absolute Gasteiger partial charge is 0.122 e. The van der Waals surface area contributed by atoms with E-state index < -0.39 is 0 Å². The molecule has 0 bridgehead atoms.